The fourth-order valence-electron chi connectivity index (χ4n) is 1.91. The number of rotatable bonds is 5. The van der Waals surface area contributed by atoms with Crippen LogP contribution in [0.3, 0.4) is 0 Å². The molecule has 0 unspecified atom stereocenters. The van der Waals surface area contributed by atoms with E-state index < -0.39 is 0 Å². The Morgan fingerprint density at radius 1 is 1.56 bits per heavy atom. The van der Waals surface area contributed by atoms with Gasteiger partial charge in [0.25, 0.3) is 0 Å². The van der Waals surface area contributed by atoms with E-state index in [0.29, 0.717) is 5.41 Å². The van der Waals surface area contributed by atoms with E-state index in [-0.39, 0.29) is 0 Å². The number of guanidine groups is 1. The van der Waals surface area contributed by atoms with Crippen LogP contribution in [0, 0.1) is 5.41 Å². The van der Waals surface area contributed by atoms with E-state index in [1.807, 2.05) is 18.4 Å². The first-order valence-corrected chi connectivity index (χ1v) is 7.45. The summed E-state index contributed by atoms with van der Waals surface area (Å²) in [5.41, 5.74) is 0.518. The average Bonchev–Trinajstić information content (AvgIpc) is 2.90. The molecule has 18 heavy (non-hydrogen) atoms. The number of likely N-dealkylation sites (N-methyl/N-ethyl adjacent to an activating group) is 1. The highest BCUT2D eigenvalue weighted by Gasteiger charge is 2.37. The van der Waals surface area contributed by atoms with E-state index in [0.717, 1.165) is 25.5 Å². The standard InChI is InChI=1S/C14H23N3S/c1-14(7-8-14)11-16-13(15-2)17(3)9-6-12-5-4-10-18-12/h4-5,10H,6-9,11H2,1-3H3,(H,15,16). The van der Waals surface area contributed by atoms with Gasteiger partial charge < -0.3 is 10.2 Å². The van der Waals surface area contributed by atoms with Gasteiger partial charge in [-0.05, 0) is 36.1 Å². The van der Waals surface area contributed by atoms with Crippen molar-refractivity contribution < 1.29 is 0 Å². The van der Waals surface area contributed by atoms with Crippen LogP contribution in [-0.4, -0.2) is 38.0 Å². The van der Waals surface area contributed by atoms with Gasteiger partial charge >= 0.3 is 0 Å². The van der Waals surface area contributed by atoms with Gasteiger partial charge in [-0.15, -0.1) is 11.3 Å². The average molecular weight is 265 g/mol. The van der Waals surface area contributed by atoms with Gasteiger partial charge in [0.2, 0.25) is 0 Å². The lowest BCUT2D eigenvalue weighted by atomic mass is 10.1. The van der Waals surface area contributed by atoms with E-state index >= 15 is 0 Å². The number of nitrogens with one attached hydrogen (secondary N) is 1. The van der Waals surface area contributed by atoms with E-state index in [4.69, 9.17) is 0 Å². The molecule has 0 bridgehead atoms. The molecular weight excluding hydrogens is 242 g/mol. The zero-order chi connectivity index (χ0) is 13.0. The summed E-state index contributed by atoms with van der Waals surface area (Å²) in [5, 5.41) is 5.62. The van der Waals surface area contributed by atoms with Crippen molar-refractivity contribution in [2.24, 2.45) is 10.4 Å². The largest absolute Gasteiger partial charge is 0.356 e. The molecule has 0 atom stereocenters. The maximum atomic E-state index is 4.35. The summed E-state index contributed by atoms with van der Waals surface area (Å²) < 4.78 is 0. The van der Waals surface area contributed by atoms with Crippen LogP contribution in [0.15, 0.2) is 22.5 Å². The Bertz CT molecular complexity index is 393. The SMILES string of the molecule is CN=C(NCC1(C)CC1)N(C)CCc1cccs1. The monoisotopic (exact) mass is 265 g/mol. The lowest BCUT2D eigenvalue weighted by Crippen LogP contribution is -2.41. The van der Waals surface area contributed by atoms with E-state index in [1.165, 1.54) is 17.7 Å². The van der Waals surface area contributed by atoms with Crippen LogP contribution in [0.1, 0.15) is 24.6 Å². The summed E-state index contributed by atoms with van der Waals surface area (Å²) in [6.45, 7) is 4.39. The van der Waals surface area contributed by atoms with Gasteiger partial charge in [-0.3, -0.25) is 4.99 Å². The maximum absolute atomic E-state index is 4.35. The zero-order valence-electron chi connectivity index (χ0n) is 11.6. The lowest BCUT2D eigenvalue weighted by molar-refractivity contribution is 0.466. The van der Waals surface area contributed by atoms with E-state index in [1.54, 1.807) is 0 Å². The summed E-state index contributed by atoms with van der Waals surface area (Å²) in [6, 6.07) is 4.31. The number of hydrogen-bond acceptors (Lipinski definition) is 2. The number of hydrogen-bond donors (Lipinski definition) is 1. The maximum Gasteiger partial charge on any atom is 0.193 e. The quantitative estimate of drug-likeness (QED) is 0.654. The minimum Gasteiger partial charge on any atom is -0.356 e. The Balaban J connectivity index is 1.76. The molecule has 1 fully saturated rings. The van der Waals surface area contributed by atoms with Gasteiger partial charge in [-0.1, -0.05) is 13.0 Å². The number of aliphatic imine (C=N–C) groups is 1. The van der Waals surface area contributed by atoms with E-state index in [2.05, 4.69) is 46.7 Å². The highest BCUT2D eigenvalue weighted by molar-refractivity contribution is 7.09. The summed E-state index contributed by atoms with van der Waals surface area (Å²) in [5.74, 6) is 1.01. The number of nitrogens with zero attached hydrogens (tertiary/aromatic N) is 2. The third-order valence-corrected chi connectivity index (χ3v) is 4.56. The van der Waals surface area contributed by atoms with Crippen molar-refractivity contribution >= 4 is 17.3 Å². The second-order valence-corrected chi connectivity index (χ2v) is 6.49. The lowest BCUT2D eigenvalue weighted by Gasteiger charge is -2.23. The van der Waals surface area contributed by atoms with Crippen LogP contribution in [0.25, 0.3) is 0 Å². The van der Waals surface area contributed by atoms with Crippen molar-refractivity contribution in [3.8, 4) is 0 Å². The molecule has 1 aliphatic carbocycles. The summed E-state index contributed by atoms with van der Waals surface area (Å²) >= 11 is 1.82. The van der Waals surface area contributed by atoms with Gasteiger partial charge in [-0.25, -0.2) is 0 Å². The Morgan fingerprint density at radius 3 is 2.89 bits per heavy atom. The third kappa shape index (κ3) is 3.73. The molecule has 1 aliphatic rings. The first kappa shape index (κ1) is 13.4. The summed E-state index contributed by atoms with van der Waals surface area (Å²) in [7, 11) is 3.97. The van der Waals surface area contributed by atoms with Crippen LogP contribution in [0.2, 0.25) is 0 Å². The van der Waals surface area contributed by atoms with Crippen molar-refractivity contribution in [3.63, 3.8) is 0 Å². The molecule has 4 heteroatoms. The van der Waals surface area contributed by atoms with Crippen molar-refractivity contribution in [1.29, 1.82) is 0 Å². The summed E-state index contributed by atoms with van der Waals surface area (Å²) in [6.07, 6.45) is 3.78. The van der Waals surface area contributed by atoms with Crippen molar-refractivity contribution in [3.05, 3.63) is 22.4 Å². The van der Waals surface area contributed by atoms with Crippen LogP contribution < -0.4 is 5.32 Å². The molecule has 0 spiro atoms. The highest BCUT2D eigenvalue weighted by Crippen LogP contribution is 2.44. The molecule has 0 amide bonds. The molecule has 3 nitrogen and oxygen atoms in total. The molecule has 0 aromatic carbocycles. The molecule has 0 saturated heterocycles. The number of thiophene rings is 1. The van der Waals surface area contributed by atoms with Gasteiger partial charge in [0, 0.05) is 32.1 Å². The smallest absolute Gasteiger partial charge is 0.193 e. The van der Waals surface area contributed by atoms with Crippen molar-refractivity contribution in [1.82, 2.24) is 10.2 Å². The molecule has 100 valence electrons. The van der Waals surface area contributed by atoms with Crippen LogP contribution >= 0.6 is 11.3 Å². The van der Waals surface area contributed by atoms with Crippen molar-refractivity contribution in [2.75, 3.05) is 27.2 Å². The fourth-order valence-corrected chi connectivity index (χ4v) is 2.60. The van der Waals surface area contributed by atoms with E-state index in [9.17, 15) is 0 Å². The second-order valence-electron chi connectivity index (χ2n) is 5.46. The van der Waals surface area contributed by atoms with Gasteiger partial charge in [0.05, 0.1) is 0 Å². The predicted molar refractivity (Wildman–Crippen MR) is 79.4 cm³/mol. The van der Waals surface area contributed by atoms with Crippen LogP contribution in [-0.2, 0) is 6.42 Å². The Hall–Kier alpha value is -1.03. The Labute approximate surface area is 114 Å². The minimum absolute atomic E-state index is 0.518. The molecule has 1 aromatic heterocycles. The first-order chi connectivity index (χ1) is 8.63. The molecule has 0 aliphatic heterocycles. The summed E-state index contributed by atoms with van der Waals surface area (Å²) in [4.78, 5) is 8.00. The molecule has 1 N–H and O–H groups in total. The minimum atomic E-state index is 0.518. The Kier molecular flexibility index (Phi) is 4.27. The molecule has 0 radical (unpaired) electrons. The normalized spacial score (nSPS) is 17.6. The van der Waals surface area contributed by atoms with Gasteiger partial charge in [0.15, 0.2) is 5.96 Å². The molecule has 1 saturated carbocycles. The predicted octanol–water partition coefficient (Wildman–Crippen LogP) is 2.60. The zero-order valence-corrected chi connectivity index (χ0v) is 12.4. The highest BCUT2D eigenvalue weighted by atomic mass is 32.1. The molecular formula is C14H23N3S. The molecule has 2 rings (SSSR count). The topological polar surface area (TPSA) is 27.6 Å². The second kappa shape index (κ2) is 5.74. The van der Waals surface area contributed by atoms with Gasteiger partial charge in [-0.2, -0.15) is 0 Å². The fraction of sp³-hybridized carbons (Fsp3) is 0.643. The molecule has 1 heterocycles. The van der Waals surface area contributed by atoms with Gasteiger partial charge in [0.1, 0.15) is 0 Å². The first-order valence-electron chi connectivity index (χ1n) is 6.57. The Morgan fingerprint density at radius 2 is 2.33 bits per heavy atom. The van der Waals surface area contributed by atoms with Crippen LogP contribution in [0.5, 0.6) is 0 Å². The van der Waals surface area contributed by atoms with Crippen LogP contribution in [0.4, 0.5) is 0 Å². The van der Waals surface area contributed by atoms with Crippen molar-refractivity contribution in [2.45, 2.75) is 26.2 Å². The molecule has 1 aromatic rings. The third-order valence-electron chi connectivity index (χ3n) is 3.62.